The van der Waals surface area contributed by atoms with E-state index in [1.807, 2.05) is 0 Å². The first-order chi connectivity index (χ1) is 9.13. The Morgan fingerprint density at radius 1 is 1.42 bits per heavy atom. The van der Waals surface area contributed by atoms with E-state index < -0.39 is 5.92 Å². The Labute approximate surface area is 113 Å². The van der Waals surface area contributed by atoms with Gasteiger partial charge in [-0.3, -0.25) is 9.59 Å². The largest absolute Gasteiger partial charge is 0.353 e. The molecule has 2 aliphatic carbocycles. The van der Waals surface area contributed by atoms with Crippen molar-refractivity contribution in [3.05, 3.63) is 12.2 Å². The molecule has 4 nitrogen and oxygen atoms in total. The molecule has 0 aromatic carbocycles. The summed E-state index contributed by atoms with van der Waals surface area (Å²) in [5.74, 6) is 1.61. The van der Waals surface area contributed by atoms with Gasteiger partial charge < -0.3 is 5.32 Å². The number of amides is 2. The third-order valence-corrected chi connectivity index (χ3v) is 4.92. The maximum absolute atomic E-state index is 12.1. The Hall–Kier alpha value is -1.45. The monoisotopic (exact) mass is 260 g/mol. The Kier molecular flexibility index (Phi) is 3.25. The molecular weight excluding hydrogens is 240 g/mol. The SMILES string of the molecule is CC(NC(=O)C1C=CC(=O)N=C1)C1CC2CCC1C2. The fourth-order valence-corrected chi connectivity index (χ4v) is 3.92. The predicted molar refractivity (Wildman–Crippen MR) is 72.7 cm³/mol. The Balaban J connectivity index is 1.56. The molecule has 0 radical (unpaired) electrons. The highest BCUT2D eigenvalue weighted by Gasteiger charge is 2.42. The average Bonchev–Trinajstić information content (AvgIpc) is 3.01. The van der Waals surface area contributed by atoms with Gasteiger partial charge in [-0.15, -0.1) is 0 Å². The van der Waals surface area contributed by atoms with E-state index in [-0.39, 0.29) is 17.9 Å². The van der Waals surface area contributed by atoms with Gasteiger partial charge in [0.05, 0.1) is 5.92 Å². The summed E-state index contributed by atoms with van der Waals surface area (Å²) in [6.45, 7) is 2.11. The molecule has 1 aliphatic heterocycles. The van der Waals surface area contributed by atoms with E-state index in [1.54, 1.807) is 6.08 Å². The summed E-state index contributed by atoms with van der Waals surface area (Å²) in [6, 6.07) is 0.224. The van der Waals surface area contributed by atoms with Crippen LogP contribution in [-0.4, -0.2) is 24.1 Å². The number of carbonyl (C=O) groups is 2. The van der Waals surface area contributed by atoms with Crippen molar-refractivity contribution in [2.45, 2.75) is 38.6 Å². The summed E-state index contributed by atoms with van der Waals surface area (Å²) in [4.78, 5) is 26.7. The summed E-state index contributed by atoms with van der Waals surface area (Å²) >= 11 is 0. The number of nitrogens with zero attached hydrogens (tertiary/aromatic N) is 1. The van der Waals surface area contributed by atoms with Crippen LogP contribution in [0.15, 0.2) is 17.1 Å². The standard InChI is InChI=1S/C15H20N2O2/c1-9(13-7-10-2-3-11(13)6-10)17-15(19)12-4-5-14(18)16-8-12/h4-5,8-13H,2-3,6-7H2,1H3,(H,17,19). The van der Waals surface area contributed by atoms with E-state index in [2.05, 4.69) is 17.2 Å². The number of nitrogens with one attached hydrogen (secondary N) is 1. The third kappa shape index (κ3) is 2.48. The lowest BCUT2D eigenvalue weighted by atomic mass is 9.84. The zero-order valence-electron chi connectivity index (χ0n) is 11.2. The molecule has 0 saturated heterocycles. The second-order valence-corrected chi connectivity index (χ2v) is 6.14. The molecule has 1 heterocycles. The summed E-state index contributed by atoms with van der Waals surface area (Å²) in [5.41, 5.74) is 0. The maximum atomic E-state index is 12.1. The van der Waals surface area contributed by atoms with Crippen LogP contribution in [-0.2, 0) is 9.59 Å². The van der Waals surface area contributed by atoms with Crippen molar-refractivity contribution in [3.8, 4) is 0 Å². The van der Waals surface area contributed by atoms with Crippen molar-refractivity contribution >= 4 is 18.0 Å². The normalized spacial score (nSPS) is 37.6. The topological polar surface area (TPSA) is 58.5 Å². The van der Waals surface area contributed by atoms with E-state index >= 15 is 0 Å². The van der Waals surface area contributed by atoms with Crippen LogP contribution in [0.2, 0.25) is 0 Å². The quantitative estimate of drug-likeness (QED) is 0.839. The molecular formula is C15H20N2O2. The van der Waals surface area contributed by atoms with Crippen LogP contribution in [0.1, 0.15) is 32.6 Å². The van der Waals surface area contributed by atoms with Crippen LogP contribution in [0.5, 0.6) is 0 Å². The molecule has 1 N–H and O–H groups in total. The van der Waals surface area contributed by atoms with E-state index in [0.29, 0.717) is 5.92 Å². The van der Waals surface area contributed by atoms with Crippen molar-refractivity contribution in [1.29, 1.82) is 0 Å². The molecule has 2 bridgehead atoms. The van der Waals surface area contributed by atoms with Gasteiger partial charge in [0.15, 0.2) is 0 Å². The molecule has 19 heavy (non-hydrogen) atoms. The highest BCUT2D eigenvalue weighted by Crippen LogP contribution is 2.49. The Morgan fingerprint density at radius 3 is 2.84 bits per heavy atom. The molecule has 5 unspecified atom stereocenters. The number of hydrogen-bond acceptors (Lipinski definition) is 2. The van der Waals surface area contributed by atoms with E-state index in [1.165, 1.54) is 38.0 Å². The first-order valence-electron chi connectivity index (χ1n) is 7.20. The molecule has 0 aromatic heterocycles. The van der Waals surface area contributed by atoms with Gasteiger partial charge in [0, 0.05) is 18.3 Å². The van der Waals surface area contributed by atoms with Gasteiger partial charge >= 0.3 is 0 Å². The number of carbonyl (C=O) groups excluding carboxylic acids is 2. The zero-order valence-corrected chi connectivity index (χ0v) is 11.2. The molecule has 5 atom stereocenters. The summed E-state index contributed by atoms with van der Waals surface area (Å²) in [7, 11) is 0. The molecule has 4 heteroatoms. The van der Waals surface area contributed by atoms with Crippen molar-refractivity contribution in [2.24, 2.45) is 28.7 Å². The fourth-order valence-electron chi connectivity index (χ4n) is 3.92. The molecule has 2 saturated carbocycles. The van der Waals surface area contributed by atoms with Gasteiger partial charge in [-0.2, -0.15) is 0 Å². The van der Waals surface area contributed by atoms with Crippen molar-refractivity contribution in [3.63, 3.8) is 0 Å². The van der Waals surface area contributed by atoms with Gasteiger partial charge in [-0.25, -0.2) is 4.99 Å². The van der Waals surface area contributed by atoms with Gasteiger partial charge in [0.25, 0.3) is 5.91 Å². The number of fused-ring (bicyclic) bond motifs is 2. The van der Waals surface area contributed by atoms with Crippen LogP contribution in [0.25, 0.3) is 0 Å². The predicted octanol–water partition coefficient (Wildman–Crippen LogP) is 1.71. The van der Waals surface area contributed by atoms with E-state index in [9.17, 15) is 9.59 Å². The van der Waals surface area contributed by atoms with Crippen LogP contribution < -0.4 is 5.32 Å². The van der Waals surface area contributed by atoms with E-state index in [0.717, 1.165) is 11.8 Å². The lowest BCUT2D eigenvalue weighted by Gasteiger charge is -2.29. The molecule has 3 aliphatic rings. The molecule has 102 valence electrons. The van der Waals surface area contributed by atoms with Gasteiger partial charge in [-0.1, -0.05) is 12.5 Å². The zero-order chi connectivity index (χ0) is 13.4. The lowest BCUT2D eigenvalue weighted by molar-refractivity contribution is -0.122. The van der Waals surface area contributed by atoms with Crippen LogP contribution in [0.4, 0.5) is 0 Å². The molecule has 2 fully saturated rings. The number of aliphatic imine (C=N–C) groups is 1. The maximum Gasteiger partial charge on any atom is 0.269 e. The van der Waals surface area contributed by atoms with Crippen LogP contribution >= 0.6 is 0 Å². The summed E-state index contributed by atoms with van der Waals surface area (Å²) < 4.78 is 0. The minimum absolute atomic E-state index is 0.0391. The molecule has 0 spiro atoms. The lowest BCUT2D eigenvalue weighted by Crippen LogP contribution is -2.43. The highest BCUT2D eigenvalue weighted by molar-refractivity contribution is 6.05. The molecule has 3 rings (SSSR count). The molecule has 0 aromatic rings. The van der Waals surface area contributed by atoms with Crippen LogP contribution in [0.3, 0.4) is 0 Å². The van der Waals surface area contributed by atoms with Crippen LogP contribution in [0, 0.1) is 23.7 Å². The number of hydrogen-bond donors (Lipinski definition) is 1. The van der Waals surface area contributed by atoms with Crippen molar-refractivity contribution < 1.29 is 9.59 Å². The first-order valence-corrected chi connectivity index (χ1v) is 7.20. The van der Waals surface area contributed by atoms with Gasteiger partial charge in [0.1, 0.15) is 0 Å². The van der Waals surface area contributed by atoms with Crippen molar-refractivity contribution in [1.82, 2.24) is 5.32 Å². The van der Waals surface area contributed by atoms with Gasteiger partial charge in [-0.05, 0) is 43.9 Å². The average molecular weight is 260 g/mol. The first kappa shape index (κ1) is 12.6. The van der Waals surface area contributed by atoms with E-state index in [4.69, 9.17) is 0 Å². The summed E-state index contributed by atoms with van der Waals surface area (Å²) in [6.07, 6.45) is 9.75. The number of dihydropyridines is 1. The fraction of sp³-hybridized carbons (Fsp3) is 0.667. The highest BCUT2D eigenvalue weighted by atomic mass is 16.2. The Morgan fingerprint density at radius 2 is 2.26 bits per heavy atom. The second-order valence-electron chi connectivity index (χ2n) is 6.14. The minimum atomic E-state index is -0.390. The second kappa shape index (κ2) is 4.91. The third-order valence-electron chi connectivity index (χ3n) is 4.92. The summed E-state index contributed by atoms with van der Waals surface area (Å²) in [5, 5.41) is 3.10. The minimum Gasteiger partial charge on any atom is -0.353 e. The molecule has 2 amide bonds. The van der Waals surface area contributed by atoms with Gasteiger partial charge in [0.2, 0.25) is 5.91 Å². The Bertz CT molecular complexity index is 439. The van der Waals surface area contributed by atoms with Crippen molar-refractivity contribution in [2.75, 3.05) is 0 Å². The smallest absolute Gasteiger partial charge is 0.269 e. The number of rotatable bonds is 3.